The lowest BCUT2D eigenvalue weighted by molar-refractivity contribution is 0.497. The van der Waals surface area contributed by atoms with Crippen molar-refractivity contribution in [2.24, 2.45) is 0 Å². The molecule has 1 atom stereocenters. The molecule has 0 unspecified atom stereocenters. The van der Waals surface area contributed by atoms with Crippen LogP contribution in [0.1, 0.15) is 39.1 Å². The molecule has 0 N–H and O–H groups in total. The zero-order chi connectivity index (χ0) is 20.8. The van der Waals surface area contributed by atoms with Crippen LogP contribution in [0, 0.1) is 5.82 Å². The molecule has 0 saturated heterocycles. The van der Waals surface area contributed by atoms with E-state index in [2.05, 4.69) is 45.2 Å². The molecule has 0 spiro atoms. The zero-order valence-corrected chi connectivity index (χ0v) is 17.6. The molecule has 0 saturated carbocycles. The molecule has 30 heavy (non-hydrogen) atoms. The summed E-state index contributed by atoms with van der Waals surface area (Å²) in [6, 6.07) is 6.71. The minimum Gasteiger partial charge on any atom is -0.342 e. The van der Waals surface area contributed by atoms with Crippen molar-refractivity contribution in [2.75, 3.05) is 4.90 Å². The summed E-state index contributed by atoms with van der Waals surface area (Å²) in [4.78, 5) is 12.8. The third-order valence-corrected chi connectivity index (χ3v) is 6.17. The molecule has 7 nitrogen and oxygen atoms in total. The number of anilines is 1. The number of hydrogen-bond donors (Lipinski definition) is 0. The molecule has 1 aromatic carbocycles. The molecule has 0 amide bonds. The van der Waals surface area contributed by atoms with Crippen molar-refractivity contribution in [3.63, 3.8) is 0 Å². The summed E-state index contributed by atoms with van der Waals surface area (Å²) in [5, 5.41) is 8.47. The van der Waals surface area contributed by atoms with E-state index in [1.54, 1.807) is 24.7 Å². The minimum atomic E-state index is -0.266. The Hall–Kier alpha value is -3.20. The summed E-state index contributed by atoms with van der Waals surface area (Å²) >= 11 is 1.35. The topological polar surface area (TPSA) is 72.6 Å². The Bertz CT molecular complexity index is 1200. The maximum atomic E-state index is 13.4. The smallest absolute Gasteiger partial charge is 0.164 e. The van der Waals surface area contributed by atoms with Gasteiger partial charge in [0.2, 0.25) is 0 Å². The van der Waals surface area contributed by atoms with Crippen LogP contribution in [0.25, 0.3) is 27.5 Å². The van der Waals surface area contributed by atoms with Gasteiger partial charge in [0, 0.05) is 6.04 Å². The number of benzene rings is 1. The molecule has 0 aliphatic carbocycles. The molecule has 152 valence electrons. The van der Waals surface area contributed by atoms with Gasteiger partial charge in [-0.05, 0) is 49.5 Å². The Labute approximate surface area is 177 Å². The monoisotopic (exact) mass is 421 g/mol. The molecule has 1 aliphatic rings. The fourth-order valence-electron chi connectivity index (χ4n) is 3.98. The number of nitrogens with zero attached hydrogens (tertiary/aromatic N) is 7. The lowest BCUT2D eigenvalue weighted by Gasteiger charge is -2.39. The molecule has 9 heteroatoms. The zero-order valence-electron chi connectivity index (χ0n) is 16.8. The van der Waals surface area contributed by atoms with Crippen LogP contribution in [0.15, 0.2) is 43.0 Å². The lowest BCUT2D eigenvalue weighted by atomic mass is 10.1. The van der Waals surface area contributed by atoms with E-state index in [1.165, 1.54) is 23.7 Å². The van der Waals surface area contributed by atoms with Crippen molar-refractivity contribution in [1.29, 1.82) is 0 Å². The minimum absolute atomic E-state index is 0.0833. The second kappa shape index (κ2) is 7.24. The highest BCUT2D eigenvalue weighted by Crippen LogP contribution is 2.41. The molecule has 4 aromatic rings. The van der Waals surface area contributed by atoms with Crippen molar-refractivity contribution in [2.45, 2.75) is 39.3 Å². The van der Waals surface area contributed by atoms with Crippen molar-refractivity contribution in [1.82, 2.24) is 29.1 Å². The highest BCUT2D eigenvalue weighted by Gasteiger charge is 2.35. The van der Waals surface area contributed by atoms with Crippen LogP contribution in [-0.4, -0.2) is 35.1 Å². The number of rotatable bonds is 4. The lowest BCUT2D eigenvalue weighted by Crippen LogP contribution is -2.40. The third kappa shape index (κ3) is 2.88. The van der Waals surface area contributed by atoms with E-state index in [-0.39, 0.29) is 17.9 Å². The highest BCUT2D eigenvalue weighted by atomic mass is 32.1. The van der Waals surface area contributed by atoms with Crippen molar-refractivity contribution < 1.29 is 4.39 Å². The van der Waals surface area contributed by atoms with Gasteiger partial charge < -0.3 is 4.90 Å². The fourth-order valence-corrected chi connectivity index (χ4v) is 4.72. The van der Waals surface area contributed by atoms with E-state index in [0.29, 0.717) is 5.82 Å². The summed E-state index contributed by atoms with van der Waals surface area (Å²) in [5.41, 5.74) is 2.59. The van der Waals surface area contributed by atoms with Crippen LogP contribution >= 0.6 is 11.5 Å². The van der Waals surface area contributed by atoms with E-state index in [0.717, 1.165) is 39.8 Å². The standard InChI is InChI=1S/C21H20FN7S/c1-4-16-21-27-24-11-28(21)17-10-23-19(26-20(17)29(16)12(2)3)15-9-25-30-18(15)13-5-7-14(22)8-6-13/h5-12,16H,4H2,1-3H3/t16-/m1/s1. The average molecular weight is 422 g/mol. The summed E-state index contributed by atoms with van der Waals surface area (Å²) in [6.45, 7) is 6.44. The largest absolute Gasteiger partial charge is 0.342 e. The molecule has 0 fully saturated rings. The number of hydrogen-bond acceptors (Lipinski definition) is 7. The average Bonchev–Trinajstić information content (AvgIpc) is 3.42. The van der Waals surface area contributed by atoms with E-state index < -0.39 is 0 Å². The molecular formula is C21H20FN7S. The fraction of sp³-hybridized carbons (Fsp3) is 0.286. The summed E-state index contributed by atoms with van der Waals surface area (Å²) in [5.74, 6) is 2.08. The van der Waals surface area contributed by atoms with Crippen molar-refractivity contribution >= 4 is 17.4 Å². The van der Waals surface area contributed by atoms with Gasteiger partial charge in [-0.3, -0.25) is 4.57 Å². The van der Waals surface area contributed by atoms with Gasteiger partial charge in [-0.1, -0.05) is 19.1 Å². The number of fused-ring (bicyclic) bond motifs is 3. The molecule has 0 bridgehead atoms. The van der Waals surface area contributed by atoms with Gasteiger partial charge in [0.15, 0.2) is 17.5 Å². The summed E-state index contributed by atoms with van der Waals surface area (Å²) in [6.07, 6.45) is 6.19. The second-order valence-corrected chi connectivity index (χ2v) is 8.26. The van der Waals surface area contributed by atoms with Crippen LogP contribution in [0.4, 0.5) is 10.2 Å². The van der Waals surface area contributed by atoms with Gasteiger partial charge in [-0.25, -0.2) is 14.4 Å². The van der Waals surface area contributed by atoms with Crippen LogP contribution in [0.3, 0.4) is 0 Å². The third-order valence-electron chi connectivity index (χ3n) is 5.32. The van der Waals surface area contributed by atoms with Crippen LogP contribution in [-0.2, 0) is 0 Å². The van der Waals surface area contributed by atoms with Crippen LogP contribution in [0.5, 0.6) is 0 Å². The van der Waals surface area contributed by atoms with Gasteiger partial charge in [0.05, 0.1) is 28.9 Å². The Morgan fingerprint density at radius 2 is 1.97 bits per heavy atom. The van der Waals surface area contributed by atoms with Gasteiger partial charge >= 0.3 is 0 Å². The maximum absolute atomic E-state index is 13.4. The molecule has 4 heterocycles. The first-order chi connectivity index (χ1) is 14.6. The van der Waals surface area contributed by atoms with Crippen LogP contribution < -0.4 is 4.90 Å². The van der Waals surface area contributed by atoms with E-state index in [9.17, 15) is 4.39 Å². The normalized spacial score (nSPS) is 15.4. The molecule has 1 aliphatic heterocycles. The Kier molecular flexibility index (Phi) is 4.54. The first-order valence-corrected chi connectivity index (χ1v) is 10.6. The first-order valence-electron chi connectivity index (χ1n) is 9.85. The number of aromatic nitrogens is 6. The Morgan fingerprint density at radius 1 is 1.17 bits per heavy atom. The maximum Gasteiger partial charge on any atom is 0.164 e. The van der Waals surface area contributed by atoms with Crippen molar-refractivity contribution in [3.05, 3.63) is 54.6 Å². The van der Waals surface area contributed by atoms with E-state index in [1.807, 2.05) is 10.8 Å². The van der Waals surface area contributed by atoms with E-state index >= 15 is 0 Å². The quantitative estimate of drug-likeness (QED) is 0.477. The number of halogens is 1. The van der Waals surface area contributed by atoms with E-state index in [4.69, 9.17) is 4.98 Å². The van der Waals surface area contributed by atoms with Crippen LogP contribution in [0.2, 0.25) is 0 Å². The van der Waals surface area contributed by atoms with Gasteiger partial charge in [0.25, 0.3) is 0 Å². The molecular weight excluding hydrogens is 401 g/mol. The first kappa shape index (κ1) is 18.8. The molecule has 5 rings (SSSR count). The van der Waals surface area contributed by atoms with Gasteiger partial charge in [-0.2, -0.15) is 4.37 Å². The Balaban J connectivity index is 1.66. The van der Waals surface area contributed by atoms with Gasteiger partial charge in [-0.15, -0.1) is 10.2 Å². The summed E-state index contributed by atoms with van der Waals surface area (Å²) < 4.78 is 19.7. The van der Waals surface area contributed by atoms with Crippen molar-refractivity contribution in [3.8, 4) is 27.5 Å². The second-order valence-electron chi connectivity index (χ2n) is 7.46. The highest BCUT2D eigenvalue weighted by molar-refractivity contribution is 7.10. The molecule has 0 radical (unpaired) electrons. The van der Waals surface area contributed by atoms with Gasteiger partial charge in [0.1, 0.15) is 17.8 Å². The summed E-state index contributed by atoms with van der Waals surface area (Å²) in [7, 11) is 0. The SMILES string of the molecule is CC[C@@H]1c2nncn2-c2cnc(-c3cnsc3-c3ccc(F)cc3)nc2N1C(C)C. The Morgan fingerprint density at radius 3 is 2.70 bits per heavy atom. The molecule has 3 aromatic heterocycles. The predicted molar refractivity (Wildman–Crippen MR) is 114 cm³/mol. The predicted octanol–water partition coefficient (Wildman–Crippen LogP) is 4.67.